The summed E-state index contributed by atoms with van der Waals surface area (Å²) in [5, 5.41) is 2.95. The Morgan fingerprint density at radius 2 is 1.79 bits per heavy atom. The van der Waals surface area contributed by atoms with Gasteiger partial charge in [0.2, 0.25) is 11.8 Å². The largest absolute Gasteiger partial charge is 0.335 e. The van der Waals surface area contributed by atoms with Crippen LogP contribution in [0.15, 0.2) is 24.3 Å². The molecule has 2 aliphatic rings. The fourth-order valence-corrected chi connectivity index (χ4v) is 4.65. The maximum Gasteiger partial charge on any atom is 0.243 e. The molecule has 0 aliphatic carbocycles. The van der Waals surface area contributed by atoms with Crippen molar-refractivity contribution in [2.75, 3.05) is 45.1 Å². The van der Waals surface area contributed by atoms with Crippen LogP contribution in [0.1, 0.15) is 45.1 Å². The summed E-state index contributed by atoms with van der Waals surface area (Å²) in [6.45, 7) is 8.49. The van der Waals surface area contributed by atoms with Crippen molar-refractivity contribution < 1.29 is 9.59 Å². The maximum absolute atomic E-state index is 12.9. The number of likely N-dealkylation sites (tertiary alicyclic amines) is 2. The van der Waals surface area contributed by atoms with Crippen LogP contribution < -0.4 is 5.32 Å². The third-order valence-corrected chi connectivity index (χ3v) is 6.49. The van der Waals surface area contributed by atoms with E-state index in [1.807, 2.05) is 31.2 Å². The molecule has 2 aliphatic heterocycles. The number of piperidine rings is 1. The first kappa shape index (κ1) is 21.8. The van der Waals surface area contributed by atoms with Gasteiger partial charge in [0.15, 0.2) is 0 Å². The van der Waals surface area contributed by atoms with Gasteiger partial charge in [-0.25, -0.2) is 0 Å². The zero-order valence-corrected chi connectivity index (χ0v) is 18.2. The van der Waals surface area contributed by atoms with Gasteiger partial charge in [-0.15, -0.1) is 0 Å². The standard InChI is InChI=1S/C23H36N4O2/c1-4-19-9-5-6-10-21(19)24-22(28)17-25(3)23(29)18(2)26-15-11-20(12-16-26)27-13-7-8-14-27/h5-6,9-10,18,20H,4,7-8,11-17H2,1-3H3,(H,24,28). The van der Waals surface area contributed by atoms with Crippen LogP contribution in [0.3, 0.4) is 0 Å². The molecule has 1 unspecified atom stereocenters. The van der Waals surface area contributed by atoms with E-state index in [0.717, 1.165) is 43.6 Å². The second kappa shape index (κ2) is 10.2. The number of carbonyl (C=O) groups excluding carboxylic acids is 2. The molecule has 2 heterocycles. The quantitative estimate of drug-likeness (QED) is 0.764. The monoisotopic (exact) mass is 400 g/mol. The number of likely N-dealkylation sites (N-methyl/N-ethyl adjacent to an activating group) is 1. The second-order valence-electron chi connectivity index (χ2n) is 8.44. The lowest BCUT2D eigenvalue weighted by molar-refractivity contribution is -0.138. The Morgan fingerprint density at radius 1 is 1.14 bits per heavy atom. The molecule has 1 aromatic carbocycles. The zero-order valence-electron chi connectivity index (χ0n) is 18.2. The summed E-state index contributed by atoms with van der Waals surface area (Å²) in [5.41, 5.74) is 1.93. The fraction of sp³-hybridized carbons (Fsp3) is 0.652. The van der Waals surface area contributed by atoms with E-state index < -0.39 is 0 Å². The number of aryl methyl sites for hydroxylation is 1. The number of para-hydroxylation sites is 1. The molecule has 6 heteroatoms. The molecule has 2 fully saturated rings. The summed E-state index contributed by atoms with van der Waals surface area (Å²) in [4.78, 5) is 31.8. The van der Waals surface area contributed by atoms with Crippen molar-refractivity contribution in [2.24, 2.45) is 0 Å². The number of nitrogens with zero attached hydrogens (tertiary/aromatic N) is 3. The first-order chi connectivity index (χ1) is 14.0. The number of nitrogens with one attached hydrogen (secondary N) is 1. The molecule has 1 atom stereocenters. The van der Waals surface area contributed by atoms with E-state index in [-0.39, 0.29) is 24.4 Å². The SMILES string of the molecule is CCc1ccccc1NC(=O)CN(C)C(=O)C(C)N1CCC(N2CCCC2)CC1. The van der Waals surface area contributed by atoms with Gasteiger partial charge >= 0.3 is 0 Å². The van der Waals surface area contributed by atoms with Crippen LogP contribution >= 0.6 is 0 Å². The minimum absolute atomic E-state index is 0.0172. The third kappa shape index (κ3) is 5.58. The molecule has 6 nitrogen and oxygen atoms in total. The highest BCUT2D eigenvalue weighted by Gasteiger charge is 2.31. The van der Waals surface area contributed by atoms with Gasteiger partial charge in [-0.3, -0.25) is 14.5 Å². The molecular formula is C23H36N4O2. The average molecular weight is 401 g/mol. The number of rotatable bonds is 7. The van der Waals surface area contributed by atoms with Crippen LogP contribution in [0.2, 0.25) is 0 Å². The van der Waals surface area contributed by atoms with Crippen LogP contribution in [0.5, 0.6) is 0 Å². The van der Waals surface area contributed by atoms with Crippen molar-refractivity contribution in [3.8, 4) is 0 Å². The normalized spacial score (nSPS) is 19.8. The van der Waals surface area contributed by atoms with Gasteiger partial charge < -0.3 is 15.1 Å². The Bertz CT molecular complexity index is 694. The lowest BCUT2D eigenvalue weighted by Gasteiger charge is -2.39. The lowest BCUT2D eigenvalue weighted by atomic mass is 10.0. The summed E-state index contributed by atoms with van der Waals surface area (Å²) in [6, 6.07) is 8.30. The number of anilines is 1. The van der Waals surface area contributed by atoms with Crippen molar-refractivity contribution in [1.29, 1.82) is 0 Å². The minimum Gasteiger partial charge on any atom is -0.335 e. The van der Waals surface area contributed by atoms with Gasteiger partial charge in [0.05, 0.1) is 12.6 Å². The molecule has 2 saturated heterocycles. The Kier molecular flexibility index (Phi) is 7.67. The van der Waals surface area contributed by atoms with Crippen LogP contribution in [0, 0.1) is 0 Å². The number of carbonyl (C=O) groups is 2. The summed E-state index contributed by atoms with van der Waals surface area (Å²) in [7, 11) is 1.72. The van der Waals surface area contributed by atoms with Crippen LogP contribution in [0.25, 0.3) is 0 Å². The minimum atomic E-state index is -0.185. The fourth-order valence-electron chi connectivity index (χ4n) is 4.65. The first-order valence-electron chi connectivity index (χ1n) is 11.1. The Labute approximate surface area is 175 Å². The maximum atomic E-state index is 12.9. The summed E-state index contributed by atoms with van der Waals surface area (Å²) >= 11 is 0. The molecule has 0 radical (unpaired) electrons. The molecule has 0 spiro atoms. The molecule has 1 N–H and O–H groups in total. The van der Waals surface area contributed by atoms with Crippen molar-refractivity contribution in [3.05, 3.63) is 29.8 Å². The van der Waals surface area contributed by atoms with Crippen LogP contribution in [-0.2, 0) is 16.0 Å². The lowest BCUT2D eigenvalue weighted by Crippen LogP contribution is -2.52. The van der Waals surface area contributed by atoms with Gasteiger partial charge in [-0.1, -0.05) is 25.1 Å². The van der Waals surface area contributed by atoms with Crippen LogP contribution in [-0.4, -0.2) is 78.4 Å². The van der Waals surface area contributed by atoms with E-state index in [4.69, 9.17) is 0 Å². The van der Waals surface area contributed by atoms with E-state index in [0.29, 0.717) is 6.04 Å². The Balaban J connectivity index is 1.47. The Hall–Kier alpha value is -1.92. The molecule has 160 valence electrons. The third-order valence-electron chi connectivity index (χ3n) is 6.49. The van der Waals surface area contributed by atoms with E-state index in [2.05, 4.69) is 22.0 Å². The van der Waals surface area contributed by atoms with Crippen molar-refractivity contribution >= 4 is 17.5 Å². The predicted molar refractivity (Wildman–Crippen MR) is 117 cm³/mol. The second-order valence-corrected chi connectivity index (χ2v) is 8.44. The van der Waals surface area contributed by atoms with Crippen molar-refractivity contribution in [2.45, 2.75) is 58.0 Å². The summed E-state index contributed by atoms with van der Waals surface area (Å²) in [5.74, 6) is -0.134. The van der Waals surface area contributed by atoms with Gasteiger partial charge in [0, 0.05) is 31.9 Å². The molecular weight excluding hydrogens is 364 g/mol. The molecule has 0 aromatic heterocycles. The molecule has 1 aromatic rings. The van der Waals surface area contributed by atoms with E-state index in [9.17, 15) is 9.59 Å². The molecule has 29 heavy (non-hydrogen) atoms. The zero-order chi connectivity index (χ0) is 20.8. The number of amides is 2. The topological polar surface area (TPSA) is 55.9 Å². The van der Waals surface area contributed by atoms with E-state index >= 15 is 0 Å². The van der Waals surface area contributed by atoms with Gasteiger partial charge in [-0.05, 0) is 63.7 Å². The molecule has 0 bridgehead atoms. The predicted octanol–water partition coefficient (Wildman–Crippen LogP) is 2.59. The summed E-state index contributed by atoms with van der Waals surface area (Å²) in [6.07, 6.45) is 5.77. The first-order valence-corrected chi connectivity index (χ1v) is 11.1. The van der Waals surface area contributed by atoms with Crippen LogP contribution in [0.4, 0.5) is 5.69 Å². The van der Waals surface area contributed by atoms with Crippen molar-refractivity contribution in [1.82, 2.24) is 14.7 Å². The molecule has 3 rings (SSSR count). The average Bonchev–Trinajstić information content (AvgIpc) is 3.28. The van der Waals surface area contributed by atoms with E-state index in [1.165, 1.54) is 25.9 Å². The molecule has 2 amide bonds. The molecule has 0 saturated carbocycles. The smallest absolute Gasteiger partial charge is 0.243 e. The van der Waals surface area contributed by atoms with Gasteiger partial charge in [0.25, 0.3) is 0 Å². The Morgan fingerprint density at radius 3 is 2.45 bits per heavy atom. The van der Waals surface area contributed by atoms with Gasteiger partial charge in [-0.2, -0.15) is 0 Å². The number of hydrogen-bond acceptors (Lipinski definition) is 4. The van der Waals surface area contributed by atoms with Gasteiger partial charge in [0.1, 0.15) is 0 Å². The number of hydrogen-bond donors (Lipinski definition) is 1. The van der Waals surface area contributed by atoms with E-state index in [1.54, 1.807) is 11.9 Å². The van der Waals surface area contributed by atoms with Crippen molar-refractivity contribution in [3.63, 3.8) is 0 Å². The highest BCUT2D eigenvalue weighted by Crippen LogP contribution is 2.22. The summed E-state index contributed by atoms with van der Waals surface area (Å²) < 4.78 is 0. The highest BCUT2D eigenvalue weighted by atomic mass is 16.2. The highest BCUT2D eigenvalue weighted by molar-refractivity contribution is 5.95. The number of benzene rings is 1.